The summed E-state index contributed by atoms with van der Waals surface area (Å²) >= 11 is 1.54. The molecule has 0 fully saturated rings. The molecule has 74 valence electrons. The molecule has 0 saturated heterocycles. The maximum atomic E-state index is 11.2. The van der Waals surface area contributed by atoms with Gasteiger partial charge < -0.3 is 5.32 Å². The lowest BCUT2D eigenvalue weighted by molar-refractivity contribution is -0.123. The fourth-order valence-electron chi connectivity index (χ4n) is 0.858. The van der Waals surface area contributed by atoms with E-state index in [4.69, 9.17) is 5.26 Å². The van der Waals surface area contributed by atoms with Crippen molar-refractivity contribution in [2.24, 2.45) is 5.92 Å². The summed E-state index contributed by atoms with van der Waals surface area (Å²) in [6.45, 7) is 3.94. The van der Waals surface area contributed by atoms with Gasteiger partial charge in [0, 0.05) is 11.1 Å². The maximum Gasteiger partial charge on any atom is 0.237 e. The molecule has 4 nitrogen and oxygen atoms in total. The second-order valence-electron chi connectivity index (χ2n) is 2.93. The van der Waals surface area contributed by atoms with Crippen LogP contribution >= 0.6 is 11.3 Å². The average molecular weight is 209 g/mol. The molecular weight excluding hydrogens is 198 g/mol. The van der Waals surface area contributed by atoms with Gasteiger partial charge in [-0.1, -0.05) is 0 Å². The summed E-state index contributed by atoms with van der Waals surface area (Å²) in [4.78, 5) is 16.4. The Morgan fingerprint density at radius 2 is 2.57 bits per heavy atom. The monoisotopic (exact) mass is 209 g/mol. The van der Waals surface area contributed by atoms with Crippen LogP contribution < -0.4 is 5.32 Å². The van der Waals surface area contributed by atoms with Gasteiger partial charge in [-0.05, 0) is 13.8 Å². The number of carbonyl (C=O) groups excluding carboxylic acids is 1. The Labute approximate surface area is 86.6 Å². The van der Waals surface area contributed by atoms with Gasteiger partial charge in [0.15, 0.2) is 0 Å². The lowest BCUT2D eigenvalue weighted by atomic mass is 10.2. The van der Waals surface area contributed by atoms with Crippen molar-refractivity contribution >= 4 is 17.2 Å². The summed E-state index contributed by atoms with van der Waals surface area (Å²) in [5.74, 6) is -0.851. The molecule has 14 heavy (non-hydrogen) atoms. The summed E-state index contributed by atoms with van der Waals surface area (Å²) in [5.41, 5.74) is 0. The highest BCUT2D eigenvalue weighted by Crippen LogP contribution is 2.10. The number of aryl methyl sites for hydroxylation is 1. The zero-order valence-electron chi connectivity index (χ0n) is 8.07. The molecule has 0 spiro atoms. The number of amides is 1. The van der Waals surface area contributed by atoms with E-state index in [2.05, 4.69) is 10.3 Å². The Balaban J connectivity index is 2.42. The van der Waals surface area contributed by atoms with Crippen molar-refractivity contribution in [1.29, 1.82) is 5.26 Å². The van der Waals surface area contributed by atoms with Crippen LogP contribution in [-0.4, -0.2) is 10.9 Å². The molecule has 0 aliphatic carbocycles. The van der Waals surface area contributed by atoms with Crippen LogP contribution in [0.4, 0.5) is 0 Å². The van der Waals surface area contributed by atoms with Gasteiger partial charge >= 0.3 is 0 Å². The molecule has 1 unspecified atom stereocenters. The first-order chi connectivity index (χ1) is 6.63. The summed E-state index contributed by atoms with van der Waals surface area (Å²) in [6.07, 6.45) is 1.76. The quantitative estimate of drug-likeness (QED) is 0.814. The van der Waals surface area contributed by atoms with Crippen LogP contribution in [0.15, 0.2) is 6.20 Å². The molecule has 1 atom stereocenters. The zero-order valence-corrected chi connectivity index (χ0v) is 8.89. The Morgan fingerprint density at radius 3 is 3.07 bits per heavy atom. The molecule has 0 aromatic carbocycles. The molecule has 0 saturated carbocycles. The minimum atomic E-state index is -0.601. The molecule has 1 N–H and O–H groups in total. The molecule has 0 aliphatic heterocycles. The van der Waals surface area contributed by atoms with Crippen molar-refractivity contribution < 1.29 is 4.79 Å². The third kappa shape index (κ3) is 2.82. The lowest BCUT2D eigenvalue weighted by Gasteiger charge is -2.02. The SMILES string of the molecule is Cc1cnc(CNC(=O)C(C)C#N)s1. The number of aromatic nitrogens is 1. The Kier molecular flexibility index (Phi) is 3.60. The molecule has 0 radical (unpaired) electrons. The molecule has 1 aromatic heterocycles. The normalized spacial score (nSPS) is 11.8. The van der Waals surface area contributed by atoms with Crippen LogP contribution in [-0.2, 0) is 11.3 Å². The minimum absolute atomic E-state index is 0.250. The molecule has 0 bridgehead atoms. The number of hydrogen-bond donors (Lipinski definition) is 1. The first-order valence-corrected chi connectivity index (χ1v) is 5.03. The first kappa shape index (κ1) is 10.7. The van der Waals surface area contributed by atoms with E-state index in [1.165, 1.54) is 0 Å². The molecule has 5 heteroatoms. The van der Waals surface area contributed by atoms with Gasteiger partial charge in [-0.25, -0.2) is 4.98 Å². The standard InChI is InChI=1S/C9H11N3OS/c1-6(3-10)9(13)12-5-8-11-4-7(2)14-8/h4,6H,5H2,1-2H3,(H,12,13). The molecular formula is C9H11N3OS. The topological polar surface area (TPSA) is 65.8 Å². The fraction of sp³-hybridized carbons (Fsp3) is 0.444. The highest BCUT2D eigenvalue weighted by atomic mass is 32.1. The van der Waals surface area contributed by atoms with Gasteiger partial charge in [-0.15, -0.1) is 11.3 Å². The van der Waals surface area contributed by atoms with E-state index in [-0.39, 0.29) is 5.91 Å². The Bertz CT molecular complexity index is 366. The van der Waals surface area contributed by atoms with Crippen molar-refractivity contribution in [3.63, 3.8) is 0 Å². The van der Waals surface area contributed by atoms with Gasteiger partial charge in [-0.2, -0.15) is 5.26 Å². The van der Waals surface area contributed by atoms with Crippen LogP contribution in [0.2, 0.25) is 0 Å². The number of rotatable bonds is 3. The minimum Gasteiger partial charge on any atom is -0.348 e. The molecule has 0 aliphatic rings. The van der Waals surface area contributed by atoms with E-state index in [1.807, 2.05) is 13.0 Å². The maximum absolute atomic E-state index is 11.2. The number of carbonyl (C=O) groups is 1. The smallest absolute Gasteiger partial charge is 0.237 e. The summed E-state index contributed by atoms with van der Waals surface area (Å²) in [6, 6.07) is 1.88. The van der Waals surface area contributed by atoms with Gasteiger partial charge in [0.2, 0.25) is 5.91 Å². The van der Waals surface area contributed by atoms with Crippen molar-refractivity contribution in [2.75, 3.05) is 0 Å². The molecule has 1 rings (SSSR count). The Morgan fingerprint density at radius 1 is 1.86 bits per heavy atom. The zero-order chi connectivity index (χ0) is 10.6. The summed E-state index contributed by atoms with van der Waals surface area (Å²) in [7, 11) is 0. The first-order valence-electron chi connectivity index (χ1n) is 4.22. The largest absolute Gasteiger partial charge is 0.348 e. The third-order valence-electron chi connectivity index (χ3n) is 1.67. The number of nitriles is 1. The van der Waals surface area contributed by atoms with Crippen LogP contribution in [0.25, 0.3) is 0 Å². The number of nitrogens with one attached hydrogen (secondary N) is 1. The van der Waals surface area contributed by atoms with Gasteiger partial charge in [-0.3, -0.25) is 4.79 Å². The second-order valence-corrected chi connectivity index (χ2v) is 4.25. The predicted molar refractivity (Wildman–Crippen MR) is 53.5 cm³/mol. The fourth-order valence-corrected chi connectivity index (χ4v) is 1.58. The summed E-state index contributed by atoms with van der Waals surface area (Å²) in [5, 5.41) is 12.0. The summed E-state index contributed by atoms with van der Waals surface area (Å²) < 4.78 is 0. The van der Waals surface area contributed by atoms with Crippen LogP contribution in [0, 0.1) is 24.2 Å². The van der Waals surface area contributed by atoms with Crippen molar-refractivity contribution in [2.45, 2.75) is 20.4 Å². The predicted octanol–water partition coefficient (Wildman–Crippen LogP) is 1.23. The van der Waals surface area contributed by atoms with Crippen molar-refractivity contribution in [1.82, 2.24) is 10.3 Å². The van der Waals surface area contributed by atoms with E-state index in [0.717, 1.165) is 9.88 Å². The van der Waals surface area contributed by atoms with E-state index in [0.29, 0.717) is 6.54 Å². The molecule has 1 aromatic rings. The average Bonchev–Trinajstić information content (AvgIpc) is 2.59. The number of hydrogen-bond acceptors (Lipinski definition) is 4. The Hall–Kier alpha value is -1.41. The lowest BCUT2D eigenvalue weighted by Crippen LogP contribution is -2.27. The van der Waals surface area contributed by atoms with Gasteiger partial charge in [0.05, 0.1) is 12.6 Å². The van der Waals surface area contributed by atoms with E-state index in [9.17, 15) is 4.79 Å². The molecule has 1 heterocycles. The van der Waals surface area contributed by atoms with Crippen molar-refractivity contribution in [3.05, 3.63) is 16.1 Å². The number of thiazole rings is 1. The van der Waals surface area contributed by atoms with E-state index < -0.39 is 5.92 Å². The van der Waals surface area contributed by atoms with Crippen LogP contribution in [0.5, 0.6) is 0 Å². The van der Waals surface area contributed by atoms with E-state index in [1.54, 1.807) is 24.5 Å². The number of nitrogens with zero attached hydrogens (tertiary/aromatic N) is 2. The van der Waals surface area contributed by atoms with Gasteiger partial charge in [0.25, 0.3) is 0 Å². The van der Waals surface area contributed by atoms with Crippen LogP contribution in [0.1, 0.15) is 16.8 Å². The second kappa shape index (κ2) is 4.72. The third-order valence-corrected chi connectivity index (χ3v) is 2.58. The van der Waals surface area contributed by atoms with Crippen LogP contribution in [0.3, 0.4) is 0 Å². The van der Waals surface area contributed by atoms with E-state index >= 15 is 0 Å². The van der Waals surface area contributed by atoms with Gasteiger partial charge in [0.1, 0.15) is 10.9 Å². The van der Waals surface area contributed by atoms with Crippen molar-refractivity contribution in [3.8, 4) is 6.07 Å². The molecule has 1 amide bonds. The highest BCUT2D eigenvalue weighted by Gasteiger charge is 2.11. The highest BCUT2D eigenvalue weighted by molar-refractivity contribution is 7.11.